The zero-order chi connectivity index (χ0) is 25.9. The number of thiazole rings is 1. The van der Waals surface area contributed by atoms with Gasteiger partial charge in [-0.3, -0.25) is 10.1 Å². The van der Waals surface area contributed by atoms with E-state index in [4.69, 9.17) is 4.84 Å². The zero-order valence-electron chi connectivity index (χ0n) is 20.7. The molecule has 36 heavy (non-hydrogen) atoms. The lowest BCUT2D eigenvalue weighted by atomic mass is 9.80. The molecular formula is C24H29N7O4S. The van der Waals surface area contributed by atoms with Crippen molar-refractivity contribution in [3.63, 3.8) is 0 Å². The number of fused-ring (bicyclic) bond motifs is 1. The highest BCUT2D eigenvalue weighted by atomic mass is 32.1. The number of benzene rings is 1. The Morgan fingerprint density at radius 2 is 1.92 bits per heavy atom. The molecule has 0 atom stereocenters. The molecule has 2 amide bonds. The topological polar surface area (TPSA) is 142 Å². The summed E-state index contributed by atoms with van der Waals surface area (Å²) in [6.45, 7) is 7.17. The third-order valence-electron chi connectivity index (χ3n) is 6.30. The van der Waals surface area contributed by atoms with E-state index in [9.17, 15) is 14.7 Å². The van der Waals surface area contributed by atoms with E-state index in [2.05, 4.69) is 30.7 Å². The highest BCUT2D eigenvalue weighted by molar-refractivity contribution is 7.22. The van der Waals surface area contributed by atoms with Gasteiger partial charge in [0.15, 0.2) is 5.13 Å². The molecule has 2 aromatic heterocycles. The third-order valence-corrected chi connectivity index (χ3v) is 7.32. The summed E-state index contributed by atoms with van der Waals surface area (Å²) in [5, 5.41) is 19.5. The van der Waals surface area contributed by atoms with Crippen molar-refractivity contribution in [2.75, 3.05) is 37.0 Å². The number of rotatable bonds is 7. The zero-order valence-corrected chi connectivity index (χ0v) is 21.5. The van der Waals surface area contributed by atoms with Crippen molar-refractivity contribution in [2.24, 2.45) is 10.6 Å². The highest BCUT2D eigenvalue weighted by Crippen LogP contribution is 2.35. The van der Waals surface area contributed by atoms with Crippen molar-refractivity contribution in [2.45, 2.75) is 33.6 Å². The van der Waals surface area contributed by atoms with Gasteiger partial charge in [-0.1, -0.05) is 16.5 Å². The van der Waals surface area contributed by atoms with Gasteiger partial charge in [-0.2, -0.15) is 0 Å². The summed E-state index contributed by atoms with van der Waals surface area (Å²) in [6, 6.07) is 3.59. The van der Waals surface area contributed by atoms with Crippen molar-refractivity contribution in [1.82, 2.24) is 20.3 Å². The Hall–Kier alpha value is -3.80. The van der Waals surface area contributed by atoms with Gasteiger partial charge in [0.05, 0.1) is 21.3 Å². The fourth-order valence-electron chi connectivity index (χ4n) is 4.06. The Morgan fingerprint density at radius 1 is 1.22 bits per heavy atom. The number of hydrogen-bond acceptors (Lipinski definition) is 9. The molecule has 0 aliphatic carbocycles. The van der Waals surface area contributed by atoms with Gasteiger partial charge in [-0.25, -0.2) is 19.7 Å². The lowest BCUT2D eigenvalue weighted by molar-refractivity contribution is -0.149. The molecule has 0 bridgehead atoms. The van der Waals surface area contributed by atoms with E-state index < -0.39 is 11.4 Å². The minimum atomic E-state index is -0.761. The fraction of sp³-hybridized carbons (Fsp3) is 0.417. The average Bonchev–Trinajstić information content (AvgIpc) is 3.26. The van der Waals surface area contributed by atoms with Crippen LogP contribution in [0.1, 0.15) is 39.2 Å². The summed E-state index contributed by atoms with van der Waals surface area (Å²) in [5.41, 5.74) is 3.15. The predicted molar refractivity (Wildman–Crippen MR) is 140 cm³/mol. The lowest BCUT2D eigenvalue weighted by Crippen LogP contribution is -2.43. The SMILES string of the molecule is CCNC(=O)Nc1nc2cc(-c3cnc(N4CCC(C)(C(=O)O)CC4)nc3)cc(/C(C)=N\OC)c2s1. The number of aromatic nitrogens is 3. The molecule has 4 rings (SSSR count). The van der Waals surface area contributed by atoms with Gasteiger partial charge >= 0.3 is 12.0 Å². The predicted octanol–water partition coefficient (Wildman–Crippen LogP) is 3.96. The number of carbonyl (C=O) groups excluding carboxylic acids is 1. The van der Waals surface area contributed by atoms with Gasteiger partial charge in [0, 0.05) is 43.2 Å². The molecule has 0 saturated carbocycles. The lowest BCUT2D eigenvalue weighted by Gasteiger charge is -2.36. The standard InChI is InChI=1S/C24H29N7O4S/c1-5-25-22(34)29-23-28-18-11-15(10-17(19(18)36-23)14(2)30-35-4)16-12-26-21(27-13-16)31-8-6-24(3,7-9-31)20(32)33/h10-13H,5-9H2,1-4H3,(H,32,33)(H2,25,28,29,34)/b30-14-. The van der Waals surface area contributed by atoms with E-state index in [0.29, 0.717) is 54.8 Å². The summed E-state index contributed by atoms with van der Waals surface area (Å²) in [7, 11) is 1.49. The third kappa shape index (κ3) is 5.23. The Bertz CT molecular complexity index is 1300. The van der Waals surface area contributed by atoms with Crippen LogP contribution in [-0.4, -0.2) is 64.5 Å². The van der Waals surface area contributed by atoms with Crippen LogP contribution in [0.4, 0.5) is 15.9 Å². The normalized spacial score (nSPS) is 15.6. The minimum absolute atomic E-state index is 0.314. The Labute approximate surface area is 212 Å². The van der Waals surface area contributed by atoms with E-state index in [1.807, 2.05) is 30.9 Å². The number of nitrogens with one attached hydrogen (secondary N) is 2. The number of carboxylic acid groups (broad SMARTS) is 1. The first kappa shape index (κ1) is 25.3. The molecule has 0 radical (unpaired) electrons. The van der Waals surface area contributed by atoms with Crippen LogP contribution in [0.15, 0.2) is 29.7 Å². The van der Waals surface area contributed by atoms with Crippen molar-refractivity contribution in [3.8, 4) is 11.1 Å². The maximum Gasteiger partial charge on any atom is 0.321 e. The number of carboxylic acids is 1. The second-order valence-corrected chi connectivity index (χ2v) is 9.86. The van der Waals surface area contributed by atoms with E-state index >= 15 is 0 Å². The van der Waals surface area contributed by atoms with Crippen LogP contribution in [0.25, 0.3) is 21.3 Å². The summed E-state index contributed by atoms with van der Waals surface area (Å²) in [6.07, 6.45) is 4.59. The van der Waals surface area contributed by atoms with Crippen LogP contribution < -0.4 is 15.5 Å². The largest absolute Gasteiger partial charge is 0.481 e. The number of nitrogens with zero attached hydrogens (tertiary/aromatic N) is 5. The maximum absolute atomic E-state index is 12.0. The highest BCUT2D eigenvalue weighted by Gasteiger charge is 2.37. The number of urea groups is 1. The molecule has 3 aromatic rings. The first-order valence-corrected chi connectivity index (χ1v) is 12.4. The summed E-state index contributed by atoms with van der Waals surface area (Å²) in [4.78, 5) is 44.2. The molecule has 0 spiro atoms. The molecule has 3 heterocycles. The molecule has 1 aliphatic rings. The first-order chi connectivity index (χ1) is 17.2. The van der Waals surface area contributed by atoms with Crippen molar-refractivity contribution in [1.29, 1.82) is 0 Å². The maximum atomic E-state index is 12.0. The number of hydrogen-bond donors (Lipinski definition) is 3. The van der Waals surface area contributed by atoms with Crippen LogP contribution in [0.5, 0.6) is 0 Å². The van der Waals surface area contributed by atoms with Gasteiger partial charge in [0.25, 0.3) is 0 Å². The first-order valence-electron chi connectivity index (χ1n) is 11.6. The van der Waals surface area contributed by atoms with Gasteiger partial charge in [-0.15, -0.1) is 0 Å². The Kier molecular flexibility index (Phi) is 7.34. The van der Waals surface area contributed by atoms with E-state index in [-0.39, 0.29) is 6.03 Å². The van der Waals surface area contributed by atoms with Gasteiger partial charge in [0.2, 0.25) is 5.95 Å². The molecule has 190 valence electrons. The van der Waals surface area contributed by atoms with Crippen LogP contribution in [0, 0.1) is 5.41 Å². The molecule has 1 saturated heterocycles. The quantitative estimate of drug-likeness (QED) is 0.320. The fourth-order valence-corrected chi connectivity index (χ4v) is 5.06. The number of carbonyl (C=O) groups is 2. The molecule has 1 fully saturated rings. The van der Waals surface area contributed by atoms with Crippen molar-refractivity contribution >= 4 is 50.3 Å². The monoisotopic (exact) mass is 511 g/mol. The molecule has 1 aliphatic heterocycles. The van der Waals surface area contributed by atoms with Crippen LogP contribution in [-0.2, 0) is 9.63 Å². The second-order valence-electron chi connectivity index (χ2n) is 8.86. The molecule has 0 unspecified atom stereocenters. The van der Waals surface area contributed by atoms with E-state index in [1.165, 1.54) is 18.4 Å². The molecule has 3 N–H and O–H groups in total. The van der Waals surface area contributed by atoms with Gasteiger partial charge in [-0.05, 0) is 51.3 Å². The van der Waals surface area contributed by atoms with E-state index in [0.717, 1.165) is 21.4 Å². The number of aliphatic carboxylic acids is 1. The summed E-state index contributed by atoms with van der Waals surface area (Å²) < 4.78 is 0.871. The van der Waals surface area contributed by atoms with Gasteiger partial charge < -0.3 is 20.2 Å². The Balaban J connectivity index is 1.63. The number of oxime groups is 1. The second kappa shape index (κ2) is 10.4. The molecule has 12 heteroatoms. The Morgan fingerprint density at radius 3 is 2.53 bits per heavy atom. The smallest absolute Gasteiger partial charge is 0.321 e. The number of anilines is 2. The van der Waals surface area contributed by atoms with Crippen molar-refractivity contribution < 1.29 is 19.5 Å². The molecule has 1 aromatic carbocycles. The summed E-state index contributed by atoms with van der Waals surface area (Å²) >= 11 is 1.36. The van der Waals surface area contributed by atoms with Crippen LogP contribution in [0.2, 0.25) is 0 Å². The average molecular weight is 512 g/mol. The minimum Gasteiger partial charge on any atom is -0.481 e. The van der Waals surface area contributed by atoms with Crippen LogP contribution >= 0.6 is 11.3 Å². The van der Waals surface area contributed by atoms with E-state index in [1.54, 1.807) is 19.3 Å². The molecular weight excluding hydrogens is 482 g/mol. The van der Waals surface area contributed by atoms with Crippen molar-refractivity contribution in [3.05, 3.63) is 30.1 Å². The van der Waals surface area contributed by atoms with Crippen LogP contribution in [0.3, 0.4) is 0 Å². The van der Waals surface area contributed by atoms with Gasteiger partial charge in [0.1, 0.15) is 7.11 Å². The number of amides is 2. The summed E-state index contributed by atoms with van der Waals surface area (Å²) in [5.74, 6) is -0.185. The molecule has 11 nitrogen and oxygen atoms in total. The number of piperidine rings is 1.